The van der Waals surface area contributed by atoms with Gasteiger partial charge in [-0.25, -0.2) is 0 Å². The Balaban J connectivity index is 1.61. The molecule has 31 heavy (non-hydrogen) atoms. The number of aromatic hydroxyl groups is 1. The molecule has 2 atom stereocenters. The van der Waals surface area contributed by atoms with Crippen LogP contribution in [0.25, 0.3) is 0 Å². The summed E-state index contributed by atoms with van der Waals surface area (Å²) < 4.78 is 11.0. The summed E-state index contributed by atoms with van der Waals surface area (Å²) in [5.41, 5.74) is 2.07. The molecule has 1 aromatic heterocycles. The van der Waals surface area contributed by atoms with Crippen molar-refractivity contribution in [2.45, 2.75) is 26.3 Å². The number of nitrogens with one attached hydrogen (secondary N) is 1. The average Bonchev–Trinajstić information content (AvgIpc) is 2.77. The number of rotatable bonds is 10. The largest absolute Gasteiger partial charge is 0.508 e. The van der Waals surface area contributed by atoms with E-state index in [1.807, 2.05) is 31.2 Å². The first-order valence-electron chi connectivity index (χ1n) is 10.9. The van der Waals surface area contributed by atoms with E-state index in [1.54, 1.807) is 25.4 Å². The van der Waals surface area contributed by atoms with Gasteiger partial charge in [0, 0.05) is 51.5 Å². The van der Waals surface area contributed by atoms with E-state index in [0.717, 1.165) is 42.9 Å². The van der Waals surface area contributed by atoms with Crippen LogP contribution in [0.15, 0.2) is 42.6 Å². The van der Waals surface area contributed by atoms with Crippen molar-refractivity contribution in [3.8, 4) is 11.5 Å². The molecule has 7 heteroatoms. The highest BCUT2D eigenvalue weighted by Crippen LogP contribution is 2.25. The maximum absolute atomic E-state index is 12.8. The van der Waals surface area contributed by atoms with Gasteiger partial charge < -0.3 is 19.9 Å². The predicted molar refractivity (Wildman–Crippen MR) is 119 cm³/mol. The van der Waals surface area contributed by atoms with Gasteiger partial charge in [0.15, 0.2) is 0 Å². The van der Waals surface area contributed by atoms with E-state index < -0.39 is 0 Å². The molecule has 1 fully saturated rings. The van der Waals surface area contributed by atoms with Crippen LogP contribution in [0.3, 0.4) is 0 Å². The van der Waals surface area contributed by atoms with Crippen molar-refractivity contribution in [2.75, 3.05) is 40.0 Å². The fourth-order valence-electron chi connectivity index (χ4n) is 3.93. The maximum Gasteiger partial charge on any atom is 0.224 e. The number of nitrogens with zero attached hydrogens (tertiary/aromatic N) is 2. The van der Waals surface area contributed by atoms with Crippen LogP contribution >= 0.6 is 0 Å². The molecule has 0 radical (unpaired) electrons. The van der Waals surface area contributed by atoms with Crippen LogP contribution in [0, 0.1) is 18.8 Å². The highest BCUT2D eigenvalue weighted by molar-refractivity contribution is 5.79. The number of methoxy groups -OCH3 is 1. The number of pyridine rings is 1. The molecular formula is C24H33N3O4. The maximum atomic E-state index is 12.8. The third-order valence-electron chi connectivity index (χ3n) is 5.52. The van der Waals surface area contributed by atoms with Gasteiger partial charge in [-0.15, -0.1) is 0 Å². The molecule has 0 saturated carbocycles. The summed E-state index contributed by atoms with van der Waals surface area (Å²) in [6, 6.07) is 11.1. The summed E-state index contributed by atoms with van der Waals surface area (Å²) in [5, 5.41) is 12.6. The average molecular weight is 428 g/mol. The van der Waals surface area contributed by atoms with Gasteiger partial charge in [-0.05, 0) is 49.6 Å². The second-order valence-electron chi connectivity index (χ2n) is 8.24. The smallest absolute Gasteiger partial charge is 0.224 e. The molecule has 2 N–H and O–H groups in total. The third kappa shape index (κ3) is 7.52. The number of carbonyl (C=O) groups is 1. The highest BCUT2D eigenvalue weighted by Gasteiger charge is 2.32. The molecule has 1 aliphatic heterocycles. The lowest BCUT2D eigenvalue weighted by Gasteiger charge is -2.37. The number of phenolic OH excluding ortho intramolecular Hbond substituents is 1. The van der Waals surface area contributed by atoms with Gasteiger partial charge in [0.25, 0.3) is 0 Å². The van der Waals surface area contributed by atoms with E-state index >= 15 is 0 Å². The minimum atomic E-state index is -0.0850. The summed E-state index contributed by atoms with van der Waals surface area (Å²) >= 11 is 0. The molecule has 2 heterocycles. The van der Waals surface area contributed by atoms with Gasteiger partial charge >= 0.3 is 0 Å². The van der Waals surface area contributed by atoms with E-state index in [-0.39, 0.29) is 23.5 Å². The normalized spacial score (nSPS) is 19.2. The van der Waals surface area contributed by atoms with E-state index in [2.05, 4.69) is 15.2 Å². The Morgan fingerprint density at radius 3 is 2.74 bits per heavy atom. The first-order valence-corrected chi connectivity index (χ1v) is 10.9. The van der Waals surface area contributed by atoms with Gasteiger partial charge in [0.2, 0.25) is 5.91 Å². The Hall–Kier alpha value is -2.64. The minimum absolute atomic E-state index is 0.0850. The van der Waals surface area contributed by atoms with Crippen molar-refractivity contribution in [3.05, 3.63) is 53.9 Å². The first kappa shape index (κ1) is 23.0. The Bertz CT molecular complexity index is 811. The molecule has 2 aromatic rings. The SMILES string of the molecule is COCCCNC(=O)[C@@H]1C[C@H](COc2ccc(C)nc2)CN(Cc2ccc(O)cc2)C1. The number of ether oxygens (including phenoxy) is 2. The number of carbonyl (C=O) groups excluding carboxylic acids is 1. The van der Waals surface area contributed by atoms with Gasteiger partial charge in [-0.3, -0.25) is 14.7 Å². The second-order valence-corrected chi connectivity index (χ2v) is 8.24. The van der Waals surface area contributed by atoms with Crippen LogP contribution in [0.2, 0.25) is 0 Å². The monoisotopic (exact) mass is 427 g/mol. The Labute approximate surface area is 184 Å². The number of piperidine rings is 1. The Morgan fingerprint density at radius 1 is 1.23 bits per heavy atom. The van der Waals surface area contributed by atoms with Crippen LogP contribution in [-0.4, -0.2) is 60.9 Å². The molecule has 0 aliphatic carbocycles. The van der Waals surface area contributed by atoms with Gasteiger partial charge in [-0.1, -0.05) is 12.1 Å². The van der Waals surface area contributed by atoms with Crippen molar-refractivity contribution in [1.82, 2.24) is 15.2 Å². The summed E-state index contributed by atoms with van der Waals surface area (Å²) in [6.45, 7) is 6.05. The van der Waals surface area contributed by atoms with Crippen LogP contribution in [0.1, 0.15) is 24.1 Å². The van der Waals surface area contributed by atoms with E-state index in [4.69, 9.17) is 9.47 Å². The van der Waals surface area contributed by atoms with E-state index in [0.29, 0.717) is 26.3 Å². The fraction of sp³-hybridized carbons (Fsp3) is 0.500. The summed E-state index contributed by atoms with van der Waals surface area (Å²) in [7, 11) is 1.67. The van der Waals surface area contributed by atoms with Crippen LogP contribution in [0.5, 0.6) is 11.5 Å². The zero-order valence-corrected chi connectivity index (χ0v) is 18.4. The van der Waals surface area contributed by atoms with E-state index in [1.165, 1.54) is 0 Å². The Kier molecular flexibility index (Phi) is 8.67. The number of likely N-dealkylation sites (tertiary alicyclic amines) is 1. The minimum Gasteiger partial charge on any atom is -0.508 e. The number of phenols is 1. The zero-order chi connectivity index (χ0) is 22.1. The second kappa shape index (κ2) is 11.7. The van der Waals surface area contributed by atoms with Gasteiger partial charge in [0.05, 0.1) is 18.7 Å². The number of amides is 1. The highest BCUT2D eigenvalue weighted by atomic mass is 16.5. The third-order valence-corrected chi connectivity index (χ3v) is 5.52. The summed E-state index contributed by atoms with van der Waals surface area (Å²) in [4.78, 5) is 19.4. The van der Waals surface area contributed by atoms with Crippen LogP contribution in [-0.2, 0) is 16.1 Å². The molecule has 168 valence electrons. The quantitative estimate of drug-likeness (QED) is 0.568. The number of aromatic nitrogens is 1. The van der Waals surface area contributed by atoms with Crippen molar-refractivity contribution in [1.29, 1.82) is 0 Å². The fourth-order valence-corrected chi connectivity index (χ4v) is 3.93. The van der Waals surface area contributed by atoms with E-state index in [9.17, 15) is 9.90 Å². The lowest BCUT2D eigenvalue weighted by Crippen LogP contribution is -2.47. The Morgan fingerprint density at radius 2 is 2.03 bits per heavy atom. The zero-order valence-electron chi connectivity index (χ0n) is 18.4. The van der Waals surface area contributed by atoms with Crippen LogP contribution < -0.4 is 10.1 Å². The molecule has 1 aliphatic rings. The topological polar surface area (TPSA) is 83.9 Å². The molecule has 0 bridgehead atoms. The van der Waals surface area contributed by atoms with Crippen molar-refractivity contribution < 1.29 is 19.4 Å². The lowest BCUT2D eigenvalue weighted by atomic mass is 9.88. The number of hydrogen-bond acceptors (Lipinski definition) is 6. The molecular weight excluding hydrogens is 394 g/mol. The lowest BCUT2D eigenvalue weighted by molar-refractivity contribution is -0.127. The summed E-state index contributed by atoms with van der Waals surface area (Å²) in [6.07, 6.45) is 3.34. The van der Waals surface area contributed by atoms with Gasteiger partial charge in [-0.2, -0.15) is 0 Å². The molecule has 3 rings (SSSR count). The number of aryl methyl sites for hydroxylation is 1. The standard InChI is InChI=1S/C24H33N3O4/c1-18-4-9-23(13-26-18)31-17-20-12-21(24(29)25-10-3-11-30-2)16-27(15-20)14-19-5-7-22(28)8-6-19/h4-9,13,20-21,28H,3,10-12,14-17H2,1-2H3,(H,25,29)/t20-,21+/m0/s1. The molecule has 0 spiro atoms. The van der Waals surface area contributed by atoms with Crippen LogP contribution in [0.4, 0.5) is 0 Å². The van der Waals surface area contributed by atoms with Crippen molar-refractivity contribution >= 4 is 5.91 Å². The number of hydrogen-bond donors (Lipinski definition) is 2. The molecule has 1 saturated heterocycles. The molecule has 0 unspecified atom stereocenters. The van der Waals surface area contributed by atoms with Crippen molar-refractivity contribution in [2.24, 2.45) is 11.8 Å². The molecule has 1 amide bonds. The number of benzene rings is 1. The predicted octanol–water partition coefficient (Wildman–Crippen LogP) is 2.77. The molecule has 7 nitrogen and oxygen atoms in total. The summed E-state index contributed by atoms with van der Waals surface area (Å²) in [5.74, 6) is 1.25. The first-order chi connectivity index (χ1) is 15.0. The van der Waals surface area contributed by atoms with Crippen molar-refractivity contribution in [3.63, 3.8) is 0 Å². The molecule has 1 aromatic carbocycles. The van der Waals surface area contributed by atoms with Gasteiger partial charge in [0.1, 0.15) is 11.5 Å².